The number of carbonyl (C=O) groups excluding carboxylic acids is 1. The predicted octanol–water partition coefficient (Wildman–Crippen LogP) is 4.03. The van der Waals surface area contributed by atoms with Crippen molar-refractivity contribution in [2.24, 2.45) is 4.99 Å². The van der Waals surface area contributed by atoms with Gasteiger partial charge < -0.3 is 20.4 Å². The van der Waals surface area contributed by atoms with Gasteiger partial charge in [-0.1, -0.05) is 24.3 Å². The number of amides is 1. The van der Waals surface area contributed by atoms with Crippen LogP contribution in [0.3, 0.4) is 0 Å². The molecule has 0 saturated carbocycles. The molecule has 3 rings (SSSR count). The Labute approximate surface area is 203 Å². The van der Waals surface area contributed by atoms with Crippen molar-refractivity contribution < 1.29 is 4.79 Å². The van der Waals surface area contributed by atoms with Crippen LogP contribution < -0.4 is 15.5 Å². The number of hydrogen-bond donors (Lipinski definition) is 2. The Morgan fingerprint density at radius 2 is 1.81 bits per heavy atom. The minimum absolute atomic E-state index is 0. The third-order valence-electron chi connectivity index (χ3n) is 5.49. The van der Waals surface area contributed by atoms with Gasteiger partial charge in [0, 0.05) is 52.0 Å². The van der Waals surface area contributed by atoms with Crippen LogP contribution in [-0.4, -0.2) is 51.0 Å². The monoisotopic (exact) mass is 535 g/mol. The summed E-state index contributed by atoms with van der Waals surface area (Å²) in [6.45, 7) is 5.08. The highest BCUT2D eigenvalue weighted by Gasteiger charge is 2.14. The van der Waals surface area contributed by atoms with Crippen LogP contribution in [0.1, 0.15) is 47.3 Å². The molecule has 0 spiro atoms. The molecular weight excluding hydrogens is 501 g/mol. The number of carbonyl (C=O) groups is 1. The molecule has 0 aliphatic carbocycles. The number of aliphatic imine (C=N–C) groups is 1. The van der Waals surface area contributed by atoms with Gasteiger partial charge >= 0.3 is 0 Å². The van der Waals surface area contributed by atoms with Gasteiger partial charge in [-0.15, -0.1) is 24.0 Å². The van der Waals surface area contributed by atoms with E-state index in [2.05, 4.69) is 51.7 Å². The SMILES string of the molecule is CN=C(NCc1ccc(C(=O)N(C)C)cc1)NC(C)c1cccc(N2CCCC2)c1.I. The van der Waals surface area contributed by atoms with E-state index in [0.29, 0.717) is 12.1 Å². The largest absolute Gasteiger partial charge is 0.372 e. The van der Waals surface area contributed by atoms with Crippen molar-refractivity contribution in [3.05, 3.63) is 65.2 Å². The quantitative estimate of drug-likeness (QED) is 0.333. The summed E-state index contributed by atoms with van der Waals surface area (Å²) in [5.41, 5.74) is 4.33. The van der Waals surface area contributed by atoms with Crippen LogP contribution >= 0.6 is 24.0 Å². The van der Waals surface area contributed by atoms with Gasteiger partial charge in [0.2, 0.25) is 0 Å². The zero-order chi connectivity index (χ0) is 21.5. The Morgan fingerprint density at radius 3 is 2.42 bits per heavy atom. The lowest BCUT2D eigenvalue weighted by molar-refractivity contribution is 0.0827. The summed E-state index contributed by atoms with van der Waals surface area (Å²) < 4.78 is 0. The lowest BCUT2D eigenvalue weighted by atomic mass is 10.1. The lowest BCUT2D eigenvalue weighted by Crippen LogP contribution is -2.38. The molecule has 1 amide bonds. The summed E-state index contributed by atoms with van der Waals surface area (Å²) >= 11 is 0. The minimum atomic E-state index is 0. The van der Waals surface area contributed by atoms with Crippen LogP contribution in [0.2, 0.25) is 0 Å². The molecule has 0 radical (unpaired) electrons. The van der Waals surface area contributed by atoms with Gasteiger partial charge in [-0.05, 0) is 55.2 Å². The highest BCUT2D eigenvalue weighted by atomic mass is 127. The average molecular weight is 535 g/mol. The van der Waals surface area contributed by atoms with E-state index in [4.69, 9.17) is 0 Å². The Kier molecular flexibility index (Phi) is 9.61. The van der Waals surface area contributed by atoms with Gasteiger partial charge in [-0.25, -0.2) is 0 Å². The molecular formula is C24H34IN5O. The van der Waals surface area contributed by atoms with Crippen LogP contribution in [0, 0.1) is 0 Å². The average Bonchev–Trinajstić information content (AvgIpc) is 3.31. The molecule has 2 N–H and O–H groups in total. The van der Waals surface area contributed by atoms with E-state index >= 15 is 0 Å². The molecule has 1 atom stereocenters. The fourth-order valence-corrected chi connectivity index (χ4v) is 3.66. The first-order chi connectivity index (χ1) is 14.5. The minimum Gasteiger partial charge on any atom is -0.372 e. The number of hydrogen-bond acceptors (Lipinski definition) is 3. The molecule has 1 aliphatic heterocycles. The molecule has 1 saturated heterocycles. The number of nitrogens with one attached hydrogen (secondary N) is 2. The topological polar surface area (TPSA) is 60.0 Å². The Morgan fingerprint density at radius 1 is 1.13 bits per heavy atom. The molecule has 1 fully saturated rings. The van der Waals surface area contributed by atoms with Crippen molar-refractivity contribution in [1.29, 1.82) is 0 Å². The van der Waals surface area contributed by atoms with E-state index in [1.807, 2.05) is 24.3 Å². The van der Waals surface area contributed by atoms with Gasteiger partial charge in [0.1, 0.15) is 0 Å². The molecule has 31 heavy (non-hydrogen) atoms. The zero-order valence-electron chi connectivity index (χ0n) is 18.9. The second-order valence-electron chi connectivity index (χ2n) is 7.98. The van der Waals surface area contributed by atoms with Crippen LogP contribution in [0.4, 0.5) is 5.69 Å². The third kappa shape index (κ3) is 6.85. The van der Waals surface area contributed by atoms with Crippen molar-refractivity contribution in [3.63, 3.8) is 0 Å². The molecule has 168 valence electrons. The third-order valence-corrected chi connectivity index (χ3v) is 5.49. The molecule has 1 aliphatic rings. The van der Waals surface area contributed by atoms with E-state index < -0.39 is 0 Å². The van der Waals surface area contributed by atoms with Crippen molar-refractivity contribution in [1.82, 2.24) is 15.5 Å². The predicted molar refractivity (Wildman–Crippen MR) is 140 cm³/mol. The first-order valence-corrected chi connectivity index (χ1v) is 10.6. The van der Waals surface area contributed by atoms with Gasteiger partial charge in [0.25, 0.3) is 5.91 Å². The first kappa shape index (κ1) is 25.0. The van der Waals surface area contributed by atoms with E-state index in [1.165, 1.54) is 24.1 Å². The Hall–Kier alpha value is -2.29. The maximum Gasteiger partial charge on any atom is 0.253 e. The Balaban J connectivity index is 0.00000341. The van der Waals surface area contributed by atoms with Crippen LogP contribution in [0.15, 0.2) is 53.5 Å². The molecule has 0 aromatic heterocycles. The molecule has 2 aromatic carbocycles. The number of benzene rings is 2. The summed E-state index contributed by atoms with van der Waals surface area (Å²) in [4.78, 5) is 20.4. The van der Waals surface area contributed by atoms with Gasteiger partial charge in [-0.3, -0.25) is 9.79 Å². The van der Waals surface area contributed by atoms with E-state index in [-0.39, 0.29) is 35.9 Å². The standard InChI is InChI=1S/C24H33N5O.HI/c1-18(21-8-7-9-22(16-21)29-14-5-6-15-29)27-24(25-2)26-17-19-10-12-20(13-11-19)23(30)28(3)4;/h7-13,16,18H,5-6,14-15,17H2,1-4H3,(H2,25,26,27);1H. The number of halogens is 1. The number of nitrogens with zero attached hydrogens (tertiary/aromatic N) is 3. The number of anilines is 1. The molecule has 7 heteroatoms. The van der Waals surface area contributed by atoms with E-state index in [1.54, 1.807) is 26.0 Å². The number of guanidine groups is 1. The van der Waals surface area contributed by atoms with Gasteiger partial charge in [0.05, 0.1) is 6.04 Å². The molecule has 0 bridgehead atoms. The molecule has 1 heterocycles. The maximum atomic E-state index is 12.0. The highest BCUT2D eigenvalue weighted by Crippen LogP contribution is 2.23. The zero-order valence-corrected chi connectivity index (χ0v) is 21.2. The summed E-state index contributed by atoms with van der Waals surface area (Å²) in [7, 11) is 5.30. The van der Waals surface area contributed by atoms with Crippen molar-refractivity contribution in [2.45, 2.75) is 32.4 Å². The normalized spacial score (nSPS) is 14.6. The molecule has 2 aromatic rings. The van der Waals surface area contributed by atoms with Crippen molar-refractivity contribution in [3.8, 4) is 0 Å². The van der Waals surface area contributed by atoms with Gasteiger partial charge in [0.15, 0.2) is 5.96 Å². The maximum absolute atomic E-state index is 12.0. The summed E-state index contributed by atoms with van der Waals surface area (Å²) in [6.07, 6.45) is 2.55. The van der Waals surface area contributed by atoms with Crippen LogP contribution in [-0.2, 0) is 6.54 Å². The van der Waals surface area contributed by atoms with Crippen LogP contribution in [0.5, 0.6) is 0 Å². The van der Waals surface area contributed by atoms with E-state index in [0.717, 1.165) is 24.6 Å². The fourth-order valence-electron chi connectivity index (χ4n) is 3.66. The van der Waals surface area contributed by atoms with Crippen molar-refractivity contribution in [2.75, 3.05) is 39.1 Å². The first-order valence-electron chi connectivity index (χ1n) is 10.6. The smallest absolute Gasteiger partial charge is 0.253 e. The van der Waals surface area contributed by atoms with Crippen LogP contribution in [0.25, 0.3) is 0 Å². The van der Waals surface area contributed by atoms with E-state index in [9.17, 15) is 4.79 Å². The highest BCUT2D eigenvalue weighted by molar-refractivity contribution is 14.0. The number of rotatable bonds is 6. The summed E-state index contributed by atoms with van der Waals surface area (Å²) in [5, 5.41) is 6.84. The fraction of sp³-hybridized carbons (Fsp3) is 0.417. The second kappa shape index (κ2) is 11.9. The lowest BCUT2D eigenvalue weighted by Gasteiger charge is -2.22. The summed E-state index contributed by atoms with van der Waals surface area (Å²) in [6, 6.07) is 16.6. The molecule has 1 unspecified atom stereocenters. The van der Waals surface area contributed by atoms with Crippen molar-refractivity contribution >= 4 is 41.5 Å². The molecule has 6 nitrogen and oxygen atoms in total. The Bertz CT molecular complexity index is 876. The summed E-state index contributed by atoms with van der Waals surface area (Å²) in [5.74, 6) is 0.763. The second-order valence-corrected chi connectivity index (χ2v) is 7.98. The van der Waals surface area contributed by atoms with Gasteiger partial charge in [-0.2, -0.15) is 0 Å².